The summed E-state index contributed by atoms with van der Waals surface area (Å²) in [6, 6.07) is 8.52. The molecule has 0 aliphatic rings. The first-order valence-corrected chi connectivity index (χ1v) is 6.18. The van der Waals surface area contributed by atoms with Gasteiger partial charge in [-0.2, -0.15) is 0 Å². The predicted octanol–water partition coefficient (Wildman–Crippen LogP) is 3.60. The Balaban J connectivity index is 2.19. The van der Waals surface area contributed by atoms with Gasteiger partial charge in [0, 0.05) is 37.2 Å². The third-order valence-electron chi connectivity index (χ3n) is 2.74. The molecule has 0 spiro atoms. The zero-order chi connectivity index (χ0) is 13.0. The van der Waals surface area contributed by atoms with Gasteiger partial charge in [0.25, 0.3) is 0 Å². The molecule has 0 saturated carbocycles. The first-order valence-electron chi connectivity index (χ1n) is 5.65. The van der Waals surface area contributed by atoms with E-state index in [1.807, 2.05) is 24.1 Å². The molecule has 1 aromatic heterocycles. The number of alkyl halides is 1. The molecule has 1 heterocycles. The Morgan fingerprint density at radius 3 is 2.89 bits per heavy atom. The Morgan fingerprint density at radius 2 is 2.17 bits per heavy atom. The second kappa shape index (κ2) is 5.83. The van der Waals surface area contributed by atoms with E-state index in [1.165, 1.54) is 12.1 Å². The zero-order valence-corrected chi connectivity index (χ0v) is 10.9. The molecule has 0 fully saturated rings. The van der Waals surface area contributed by atoms with E-state index in [0.717, 1.165) is 16.8 Å². The SMILES string of the molecule is CN(Cc1cccc(F)c1)c1ccncc1CCl. The van der Waals surface area contributed by atoms with Crippen molar-refractivity contribution < 1.29 is 4.39 Å². The third kappa shape index (κ3) is 2.99. The van der Waals surface area contributed by atoms with Crippen molar-refractivity contribution >= 4 is 17.3 Å². The Bertz CT molecular complexity index is 531. The second-order valence-electron chi connectivity index (χ2n) is 4.12. The van der Waals surface area contributed by atoms with Crippen molar-refractivity contribution in [2.75, 3.05) is 11.9 Å². The van der Waals surface area contributed by atoms with Crippen molar-refractivity contribution in [3.05, 3.63) is 59.7 Å². The van der Waals surface area contributed by atoms with Crippen molar-refractivity contribution in [3.8, 4) is 0 Å². The van der Waals surface area contributed by atoms with Crippen molar-refractivity contribution in [3.63, 3.8) is 0 Å². The molecule has 0 atom stereocenters. The lowest BCUT2D eigenvalue weighted by atomic mass is 10.2. The van der Waals surface area contributed by atoms with E-state index in [0.29, 0.717) is 12.4 Å². The minimum atomic E-state index is -0.215. The maximum Gasteiger partial charge on any atom is 0.123 e. The molecule has 4 heteroatoms. The quantitative estimate of drug-likeness (QED) is 0.785. The number of rotatable bonds is 4. The summed E-state index contributed by atoms with van der Waals surface area (Å²) < 4.78 is 13.1. The molecule has 2 nitrogen and oxygen atoms in total. The van der Waals surface area contributed by atoms with E-state index in [1.54, 1.807) is 18.5 Å². The first kappa shape index (κ1) is 12.8. The molecule has 0 N–H and O–H groups in total. The third-order valence-corrected chi connectivity index (χ3v) is 3.03. The van der Waals surface area contributed by atoms with Gasteiger partial charge >= 0.3 is 0 Å². The average molecular weight is 265 g/mol. The average Bonchev–Trinajstić information content (AvgIpc) is 2.38. The van der Waals surface area contributed by atoms with Gasteiger partial charge in [-0.05, 0) is 23.8 Å². The van der Waals surface area contributed by atoms with Crippen molar-refractivity contribution in [1.82, 2.24) is 4.98 Å². The van der Waals surface area contributed by atoms with Crippen molar-refractivity contribution in [2.45, 2.75) is 12.4 Å². The van der Waals surface area contributed by atoms with Crippen molar-refractivity contribution in [1.29, 1.82) is 0 Å². The summed E-state index contributed by atoms with van der Waals surface area (Å²) in [4.78, 5) is 6.08. The number of anilines is 1. The molecule has 0 bridgehead atoms. The van der Waals surface area contributed by atoms with Crippen LogP contribution in [0.3, 0.4) is 0 Å². The van der Waals surface area contributed by atoms with Crippen LogP contribution in [0.15, 0.2) is 42.7 Å². The minimum absolute atomic E-state index is 0.215. The largest absolute Gasteiger partial charge is 0.370 e. The fraction of sp³-hybridized carbons (Fsp3) is 0.214. The molecule has 0 radical (unpaired) electrons. The molecule has 2 aromatic rings. The standard InChI is InChI=1S/C14H14ClFN2/c1-18(10-11-3-2-4-13(16)7-11)14-5-6-17-9-12(14)8-15/h2-7,9H,8,10H2,1H3. The highest BCUT2D eigenvalue weighted by Gasteiger charge is 2.07. The Kier molecular flexibility index (Phi) is 4.15. The van der Waals surface area contributed by atoms with E-state index < -0.39 is 0 Å². The van der Waals surface area contributed by atoms with E-state index in [-0.39, 0.29) is 5.82 Å². The van der Waals surface area contributed by atoms with Gasteiger partial charge in [0.1, 0.15) is 5.82 Å². The number of halogens is 2. The number of pyridine rings is 1. The lowest BCUT2D eigenvalue weighted by molar-refractivity contribution is 0.625. The highest BCUT2D eigenvalue weighted by molar-refractivity contribution is 6.17. The summed E-state index contributed by atoms with van der Waals surface area (Å²) >= 11 is 5.88. The molecule has 0 aliphatic carbocycles. The monoisotopic (exact) mass is 264 g/mol. The number of aromatic nitrogens is 1. The molecule has 0 amide bonds. The van der Waals surface area contributed by atoms with Gasteiger partial charge < -0.3 is 4.90 Å². The smallest absolute Gasteiger partial charge is 0.123 e. The lowest BCUT2D eigenvalue weighted by Gasteiger charge is -2.21. The lowest BCUT2D eigenvalue weighted by Crippen LogP contribution is -2.18. The predicted molar refractivity (Wildman–Crippen MR) is 72.3 cm³/mol. The Labute approximate surface area is 111 Å². The van der Waals surface area contributed by atoms with Crippen LogP contribution < -0.4 is 4.90 Å². The van der Waals surface area contributed by atoms with E-state index in [9.17, 15) is 4.39 Å². The summed E-state index contributed by atoms with van der Waals surface area (Å²) in [5.41, 5.74) is 2.91. The van der Waals surface area contributed by atoms with Gasteiger partial charge in [-0.3, -0.25) is 4.98 Å². The highest BCUT2D eigenvalue weighted by atomic mass is 35.5. The topological polar surface area (TPSA) is 16.1 Å². The summed E-state index contributed by atoms with van der Waals surface area (Å²) in [6.07, 6.45) is 3.48. The van der Waals surface area contributed by atoms with E-state index >= 15 is 0 Å². The number of nitrogens with zero attached hydrogens (tertiary/aromatic N) is 2. The fourth-order valence-corrected chi connectivity index (χ4v) is 2.10. The van der Waals surface area contributed by atoms with Gasteiger partial charge in [0.2, 0.25) is 0 Å². The van der Waals surface area contributed by atoms with Crippen LogP contribution in [0.4, 0.5) is 10.1 Å². The molecule has 0 unspecified atom stereocenters. The molecule has 2 rings (SSSR count). The van der Waals surface area contributed by atoms with Crippen LogP contribution in [0.1, 0.15) is 11.1 Å². The van der Waals surface area contributed by atoms with E-state index in [4.69, 9.17) is 11.6 Å². The summed E-state index contributed by atoms with van der Waals surface area (Å²) in [5, 5.41) is 0. The summed E-state index contributed by atoms with van der Waals surface area (Å²) in [5.74, 6) is 0.199. The number of benzene rings is 1. The maximum absolute atomic E-state index is 13.1. The highest BCUT2D eigenvalue weighted by Crippen LogP contribution is 2.21. The van der Waals surface area contributed by atoms with Crippen LogP contribution in [0.5, 0.6) is 0 Å². The van der Waals surface area contributed by atoms with Crippen LogP contribution >= 0.6 is 11.6 Å². The molecule has 94 valence electrons. The Hall–Kier alpha value is -1.61. The van der Waals surface area contributed by atoms with Crippen LogP contribution in [-0.4, -0.2) is 12.0 Å². The summed E-state index contributed by atoms with van der Waals surface area (Å²) in [6.45, 7) is 0.631. The first-order chi connectivity index (χ1) is 8.70. The second-order valence-corrected chi connectivity index (χ2v) is 4.39. The van der Waals surface area contributed by atoms with Crippen LogP contribution in [-0.2, 0) is 12.4 Å². The van der Waals surface area contributed by atoms with Gasteiger partial charge in [0.05, 0.1) is 5.88 Å². The number of hydrogen-bond acceptors (Lipinski definition) is 2. The van der Waals surface area contributed by atoms with Crippen LogP contribution in [0, 0.1) is 5.82 Å². The minimum Gasteiger partial charge on any atom is -0.370 e. The molecular formula is C14H14ClFN2. The maximum atomic E-state index is 13.1. The van der Waals surface area contributed by atoms with Crippen molar-refractivity contribution in [2.24, 2.45) is 0 Å². The van der Waals surface area contributed by atoms with Crippen LogP contribution in [0.25, 0.3) is 0 Å². The van der Waals surface area contributed by atoms with Gasteiger partial charge in [-0.1, -0.05) is 12.1 Å². The molecule has 0 aliphatic heterocycles. The Morgan fingerprint density at radius 1 is 1.33 bits per heavy atom. The zero-order valence-electron chi connectivity index (χ0n) is 10.1. The molecular weight excluding hydrogens is 251 g/mol. The van der Waals surface area contributed by atoms with Crippen LogP contribution in [0.2, 0.25) is 0 Å². The fourth-order valence-electron chi connectivity index (χ4n) is 1.89. The number of hydrogen-bond donors (Lipinski definition) is 0. The van der Waals surface area contributed by atoms with Gasteiger partial charge in [-0.15, -0.1) is 11.6 Å². The van der Waals surface area contributed by atoms with Gasteiger partial charge in [0.15, 0.2) is 0 Å². The normalized spacial score (nSPS) is 10.4. The van der Waals surface area contributed by atoms with Gasteiger partial charge in [-0.25, -0.2) is 4.39 Å². The molecule has 18 heavy (non-hydrogen) atoms. The molecule has 1 aromatic carbocycles. The molecule has 0 saturated heterocycles. The van der Waals surface area contributed by atoms with E-state index in [2.05, 4.69) is 4.98 Å². The summed E-state index contributed by atoms with van der Waals surface area (Å²) in [7, 11) is 1.95.